The van der Waals surface area contributed by atoms with Gasteiger partial charge < -0.3 is 19.3 Å². The van der Waals surface area contributed by atoms with Crippen molar-refractivity contribution in [1.29, 1.82) is 0 Å². The van der Waals surface area contributed by atoms with Crippen molar-refractivity contribution in [3.8, 4) is 0 Å². The molecule has 0 atom stereocenters. The Kier molecular flexibility index (Phi) is 9.54. The number of aromatic nitrogens is 3. The molecule has 3 heterocycles. The minimum Gasteiger partial charge on any atom is -0.364 e. The molecule has 0 bridgehead atoms. The third kappa shape index (κ3) is 6.80. The van der Waals surface area contributed by atoms with E-state index in [1.165, 1.54) is 5.56 Å². The van der Waals surface area contributed by atoms with Gasteiger partial charge in [0, 0.05) is 64.8 Å². The number of rotatable bonds is 8. The molecule has 1 fully saturated rings. The van der Waals surface area contributed by atoms with Crippen LogP contribution in [0.5, 0.6) is 0 Å². The Balaban J connectivity index is 0.00000289. The largest absolute Gasteiger partial charge is 0.364 e. The molecule has 0 unspecified atom stereocenters. The zero-order chi connectivity index (χ0) is 21.3. The van der Waals surface area contributed by atoms with Crippen LogP contribution in [0, 0.1) is 0 Å². The van der Waals surface area contributed by atoms with E-state index in [1.54, 1.807) is 6.26 Å². The lowest BCUT2D eigenvalue weighted by molar-refractivity contribution is 0.169. The lowest BCUT2D eigenvalue weighted by atomic mass is 10.1. The van der Waals surface area contributed by atoms with Crippen molar-refractivity contribution in [2.45, 2.75) is 32.5 Å². The van der Waals surface area contributed by atoms with Gasteiger partial charge in [-0.3, -0.25) is 9.89 Å². The van der Waals surface area contributed by atoms with E-state index in [-0.39, 0.29) is 24.0 Å². The minimum atomic E-state index is 0. The zero-order valence-electron chi connectivity index (χ0n) is 18.6. The summed E-state index contributed by atoms with van der Waals surface area (Å²) in [6.45, 7) is 6.28. The molecule has 32 heavy (non-hydrogen) atoms. The van der Waals surface area contributed by atoms with Crippen LogP contribution in [0.25, 0.3) is 0 Å². The first-order chi connectivity index (χ1) is 15.3. The van der Waals surface area contributed by atoms with Crippen LogP contribution < -0.4 is 5.32 Å². The van der Waals surface area contributed by atoms with E-state index >= 15 is 0 Å². The van der Waals surface area contributed by atoms with Gasteiger partial charge in [-0.1, -0.05) is 35.5 Å². The number of hydrogen-bond donors (Lipinski definition) is 1. The summed E-state index contributed by atoms with van der Waals surface area (Å²) in [7, 11) is 1.84. The third-order valence-corrected chi connectivity index (χ3v) is 5.67. The second-order valence-corrected chi connectivity index (χ2v) is 7.78. The van der Waals surface area contributed by atoms with E-state index in [1.807, 2.05) is 19.3 Å². The number of piperazine rings is 1. The molecule has 0 amide bonds. The van der Waals surface area contributed by atoms with Crippen LogP contribution in [-0.2, 0) is 26.1 Å². The first-order valence-electron chi connectivity index (χ1n) is 10.9. The van der Waals surface area contributed by atoms with Gasteiger partial charge in [-0.15, -0.1) is 24.0 Å². The Morgan fingerprint density at radius 2 is 1.94 bits per heavy atom. The molecule has 3 aromatic rings. The Morgan fingerprint density at radius 1 is 1.12 bits per heavy atom. The molecule has 1 aromatic carbocycles. The van der Waals surface area contributed by atoms with Crippen molar-refractivity contribution >= 4 is 29.9 Å². The van der Waals surface area contributed by atoms with Crippen LogP contribution in [0.15, 0.2) is 64.6 Å². The molecule has 8 nitrogen and oxygen atoms in total. The Labute approximate surface area is 206 Å². The number of halogens is 1. The predicted octanol–water partition coefficient (Wildman–Crippen LogP) is 3.02. The highest BCUT2D eigenvalue weighted by molar-refractivity contribution is 14.0. The minimum absolute atomic E-state index is 0. The SMILES string of the molecule is CN=C(NCc1nccn1CCCc1ccccc1)N1CCN(Cc2ccon2)CC1.I. The topological polar surface area (TPSA) is 74.7 Å². The highest BCUT2D eigenvalue weighted by Crippen LogP contribution is 2.09. The van der Waals surface area contributed by atoms with Crippen LogP contribution in [0.1, 0.15) is 23.5 Å². The summed E-state index contributed by atoms with van der Waals surface area (Å²) in [4.78, 5) is 13.7. The number of hydrogen-bond acceptors (Lipinski definition) is 5. The second-order valence-electron chi connectivity index (χ2n) is 7.78. The lowest BCUT2D eigenvalue weighted by Gasteiger charge is -2.36. The molecule has 0 spiro atoms. The quantitative estimate of drug-likeness (QED) is 0.265. The highest BCUT2D eigenvalue weighted by atomic mass is 127. The van der Waals surface area contributed by atoms with Crippen molar-refractivity contribution in [2.24, 2.45) is 4.99 Å². The number of benzene rings is 1. The average molecular weight is 549 g/mol. The van der Waals surface area contributed by atoms with Gasteiger partial charge in [0.2, 0.25) is 0 Å². The number of nitrogens with one attached hydrogen (secondary N) is 1. The molecule has 172 valence electrons. The summed E-state index contributed by atoms with van der Waals surface area (Å²) in [5.74, 6) is 1.97. The first kappa shape index (κ1) is 24.2. The molecule has 4 rings (SSSR count). The maximum atomic E-state index is 4.93. The van der Waals surface area contributed by atoms with Gasteiger partial charge in [-0.25, -0.2) is 4.98 Å². The summed E-state index contributed by atoms with van der Waals surface area (Å²) >= 11 is 0. The van der Waals surface area contributed by atoms with Gasteiger partial charge in [0.1, 0.15) is 12.1 Å². The maximum absolute atomic E-state index is 4.93. The van der Waals surface area contributed by atoms with Crippen molar-refractivity contribution < 1.29 is 4.52 Å². The molecule has 0 saturated carbocycles. The van der Waals surface area contributed by atoms with Crippen LogP contribution in [-0.4, -0.2) is 63.7 Å². The van der Waals surface area contributed by atoms with Crippen molar-refractivity contribution in [3.05, 3.63) is 72.1 Å². The van der Waals surface area contributed by atoms with Gasteiger partial charge in [0.15, 0.2) is 5.96 Å². The Hall–Kier alpha value is -2.40. The standard InChI is InChI=1S/C23H31N7O.HI/c1-24-23(30-15-13-28(14-16-30)19-21-9-17-31-27-21)26-18-22-25-10-12-29(22)11-5-8-20-6-3-2-4-7-20;/h2-4,6-7,9-10,12,17H,5,8,11,13-16,18-19H2,1H3,(H,24,26);1H. The number of nitrogens with zero attached hydrogens (tertiary/aromatic N) is 6. The Morgan fingerprint density at radius 3 is 2.66 bits per heavy atom. The van der Waals surface area contributed by atoms with Crippen LogP contribution in [0.4, 0.5) is 0 Å². The average Bonchev–Trinajstić information content (AvgIpc) is 3.48. The number of aliphatic imine (C=N–C) groups is 1. The van der Waals surface area contributed by atoms with Gasteiger partial charge in [-0.05, 0) is 18.4 Å². The summed E-state index contributed by atoms with van der Waals surface area (Å²) in [6, 6.07) is 12.6. The summed E-state index contributed by atoms with van der Waals surface area (Å²) in [5, 5.41) is 7.51. The summed E-state index contributed by atoms with van der Waals surface area (Å²) < 4.78 is 7.17. The van der Waals surface area contributed by atoms with E-state index in [4.69, 9.17) is 4.52 Å². The fraction of sp³-hybridized carbons (Fsp3) is 0.435. The van der Waals surface area contributed by atoms with Gasteiger partial charge in [0.05, 0.1) is 12.2 Å². The van der Waals surface area contributed by atoms with Gasteiger partial charge in [0.25, 0.3) is 0 Å². The summed E-state index contributed by atoms with van der Waals surface area (Å²) in [6.07, 6.45) is 7.74. The molecule has 1 aliphatic heterocycles. The lowest BCUT2D eigenvalue weighted by Crippen LogP contribution is -2.52. The monoisotopic (exact) mass is 549 g/mol. The normalized spacial score (nSPS) is 14.9. The molecule has 1 saturated heterocycles. The molecule has 1 N–H and O–H groups in total. The molecular weight excluding hydrogens is 517 g/mol. The third-order valence-electron chi connectivity index (χ3n) is 5.67. The number of aryl methyl sites for hydroxylation is 2. The predicted molar refractivity (Wildman–Crippen MR) is 136 cm³/mol. The van der Waals surface area contributed by atoms with Crippen molar-refractivity contribution in [2.75, 3.05) is 33.2 Å². The summed E-state index contributed by atoms with van der Waals surface area (Å²) in [5.41, 5.74) is 2.36. The van der Waals surface area contributed by atoms with Crippen LogP contribution >= 0.6 is 24.0 Å². The smallest absolute Gasteiger partial charge is 0.194 e. The highest BCUT2D eigenvalue weighted by Gasteiger charge is 2.20. The van der Waals surface area contributed by atoms with Gasteiger partial charge >= 0.3 is 0 Å². The van der Waals surface area contributed by atoms with Gasteiger partial charge in [-0.2, -0.15) is 0 Å². The van der Waals surface area contributed by atoms with Crippen molar-refractivity contribution in [1.82, 2.24) is 29.8 Å². The number of imidazole rings is 1. The molecule has 9 heteroatoms. The first-order valence-corrected chi connectivity index (χ1v) is 10.9. The molecular formula is C23H32IN7O. The van der Waals surface area contributed by atoms with E-state index < -0.39 is 0 Å². The van der Waals surface area contributed by atoms with E-state index in [0.717, 1.165) is 69.6 Å². The zero-order valence-corrected chi connectivity index (χ0v) is 20.9. The Bertz CT molecular complexity index is 934. The fourth-order valence-corrected chi connectivity index (χ4v) is 3.97. The van der Waals surface area contributed by atoms with Crippen LogP contribution in [0.3, 0.4) is 0 Å². The molecule has 0 aliphatic carbocycles. The number of guanidine groups is 1. The van der Waals surface area contributed by atoms with Crippen molar-refractivity contribution in [3.63, 3.8) is 0 Å². The maximum Gasteiger partial charge on any atom is 0.194 e. The van der Waals surface area contributed by atoms with E-state index in [0.29, 0.717) is 6.54 Å². The van der Waals surface area contributed by atoms with Crippen LogP contribution in [0.2, 0.25) is 0 Å². The van der Waals surface area contributed by atoms with E-state index in [9.17, 15) is 0 Å². The molecule has 0 radical (unpaired) electrons. The van der Waals surface area contributed by atoms with E-state index in [2.05, 4.69) is 71.3 Å². The molecule has 1 aliphatic rings. The molecule has 2 aromatic heterocycles. The second kappa shape index (κ2) is 12.6. The fourth-order valence-electron chi connectivity index (χ4n) is 3.97.